The molecule has 1 aromatic rings. The zero-order chi connectivity index (χ0) is 20.5. The molecule has 0 spiro atoms. The van der Waals surface area contributed by atoms with Crippen LogP contribution in [0.5, 0.6) is 0 Å². The molecule has 1 fully saturated rings. The summed E-state index contributed by atoms with van der Waals surface area (Å²) < 4.78 is 31.7. The first-order valence-electron chi connectivity index (χ1n) is 9.38. The number of hydrogen-bond acceptors (Lipinski definition) is 6. The highest BCUT2D eigenvalue weighted by Gasteiger charge is 2.32. The van der Waals surface area contributed by atoms with Crippen LogP contribution in [-0.2, 0) is 24.3 Å². The minimum absolute atomic E-state index is 0.102. The van der Waals surface area contributed by atoms with Gasteiger partial charge in [0.05, 0.1) is 4.90 Å². The average molecular weight is 407 g/mol. The standard InChI is InChI=1S/C19H25N3O5S/c1-12-7-6-8-13(2)22(12)17(23)11-27-19(24)14(3)20-18-15-9-4-5-10-16(15)28(25,26)21-18/h4-5,9-10,12-14H,6-8,11H2,1-3H3,(H,20,21). The van der Waals surface area contributed by atoms with Crippen molar-refractivity contribution >= 4 is 27.7 Å². The van der Waals surface area contributed by atoms with Crippen molar-refractivity contribution in [3.63, 3.8) is 0 Å². The first-order valence-corrected chi connectivity index (χ1v) is 10.9. The van der Waals surface area contributed by atoms with Gasteiger partial charge in [0.25, 0.3) is 15.9 Å². The summed E-state index contributed by atoms with van der Waals surface area (Å²) in [5, 5.41) is 0. The van der Waals surface area contributed by atoms with E-state index in [1.165, 1.54) is 13.0 Å². The molecule has 1 amide bonds. The van der Waals surface area contributed by atoms with Gasteiger partial charge in [-0.25, -0.2) is 13.2 Å². The minimum atomic E-state index is -3.67. The van der Waals surface area contributed by atoms with Gasteiger partial charge in [0, 0.05) is 17.6 Å². The molecule has 3 atom stereocenters. The molecule has 28 heavy (non-hydrogen) atoms. The number of fused-ring (bicyclic) bond motifs is 1. The molecule has 2 heterocycles. The molecule has 1 saturated heterocycles. The summed E-state index contributed by atoms with van der Waals surface area (Å²) in [6, 6.07) is 5.70. The van der Waals surface area contributed by atoms with Crippen LogP contribution in [0.1, 0.15) is 45.6 Å². The lowest BCUT2D eigenvalue weighted by Gasteiger charge is -2.38. The second-order valence-electron chi connectivity index (χ2n) is 7.29. The highest BCUT2D eigenvalue weighted by molar-refractivity contribution is 7.90. The zero-order valence-corrected chi connectivity index (χ0v) is 17.0. The molecular weight excluding hydrogens is 382 g/mol. The number of nitrogens with one attached hydrogen (secondary N) is 1. The summed E-state index contributed by atoms with van der Waals surface area (Å²) in [6.07, 6.45) is 2.96. The Labute approximate surface area is 165 Å². The largest absolute Gasteiger partial charge is 0.454 e. The van der Waals surface area contributed by atoms with E-state index in [9.17, 15) is 18.0 Å². The van der Waals surface area contributed by atoms with E-state index in [0.29, 0.717) is 5.56 Å². The highest BCUT2D eigenvalue weighted by Crippen LogP contribution is 2.23. The number of amidine groups is 1. The Bertz CT molecular complexity index is 902. The van der Waals surface area contributed by atoms with Crippen LogP contribution >= 0.6 is 0 Å². The van der Waals surface area contributed by atoms with E-state index in [-0.39, 0.29) is 35.3 Å². The number of nitrogens with zero attached hydrogens (tertiary/aromatic N) is 2. The van der Waals surface area contributed by atoms with Crippen LogP contribution in [0, 0.1) is 0 Å². The Morgan fingerprint density at radius 2 is 1.89 bits per heavy atom. The average Bonchev–Trinajstić information content (AvgIpc) is 2.90. The zero-order valence-electron chi connectivity index (χ0n) is 16.2. The third-order valence-corrected chi connectivity index (χ3v) is 6.54. The van der Waals surface area contributed by atoms with Gasteiger partial charge in [-0.1, -0.05) is 12.1 Å². The monoisotopic (exact) mass is 407 g/mol. The molecule has 0 aromatic heterocycles. The maximum Gasteiger partial charge on any atom is 0.331 e. The second-order valence-corrected chi connectivity index (χ2v) is 8.94. The molecule has 0 bridgehead atoms. The van der Waals surface area contributed by atoms with Crippen molar-refractivity contribution in [2.24, 2.45) is 4.99 Å². The third kappa shape index (κ3) is 4.04. The van der Waals surface area contributed by atoms with Crippen LogP contribution in [0.25, 0.3) is 0 Å². The van der Waals surface area contributed by atoms with Crippen LogP contribution in [0.3, 0.4) is 0 Å². The molecule has 1 N–H and O–H groups in total. The maximum atomic E-state index is 12.5. The summed E-state index contributed by atoms with van der Waals surface area (Å²) >= 11 is 0. The van der Waals surface area contributed by atoms with Crippen LogP contribution < -0.4 is 4.72 Å². The Morgan fingerprint density at radius 3 is 2.57 bits per heavy atom. The first kappa shape index (κ1) is 20.3. The summed E-state index contributed by atoms with van der Waals surface area (Å²) in [4.78, 5) is 30.8. The molecule has 152 valence electrons. The molecule has 2 aliphatic heterocycles. The van der Waals surface area contributed by atoms with E-state index < -0.39 is 22.0 Å². The lowest BCUT2D eigenvalue weighted by Crippen LogP contribution is -2.49. The van der Waals surface area contributed by atoms with Gasteiger partial charge in [0.2, 0.25) is 0 Å². The Morgan fingerprint density at radius 1 is 1.25 bits per heavy atom. The van der Waals surface area contributed by atoms with Gasteiger partial charge in [0.15, 0.2) is 6.61 Å². The molecule has 0 radical (unpaired) electrons. The van der Waals surface area contributed by atoms with Gasteiger partial charge < -0.3 is 9.64 Å². The van der Waals surface area contributed by atoms with Gasteiger partial charge in [-0.2, -0.15) is 0 Å². The van der Waals surface area contributed by atoms with Crippen molar-refractivity contribution in [3.05, 3.63) is 29.8 Å². The molecule has 0 aliphatic carbocycles. The first-order chi connectivity index (χ1) is 13.2. The van der Waals surface area contributed by atoms with Gasteiger partial charge in [-0.15, -0.1) is 0 Å². The number of aliphatic imine (C=N–C) groups is 1. The normalized spacial score (nSPS) is 25.7. The molecule has 9 heteroatoms. The van der Waals surface area contributed by atoms with Crippen LogP contribution in [0.15, 0.2) is 34.2 Å². The summed E-state index contributed by atoms with van der Waals surface area (Å²) in [5.74, 6) is -0.800. The highest BCUT2D eigenvalue weighted by atomic mass is 32.2. The van der Waals surface area contributed by atoms with Crippen LogP contribution in [0.2, 0.25) is 0 Å². The fourth-order valence-corrected chi connectivity index (χ4v) is 4.96. The number of sulfonamides is 1. The fraction of sp³-hybridized carbons (Fsp3) is 0.526. The number of carbonyl (C=O) groups excluding carboxylic acids is 2. The smallest absolute Gasteiger partial charge is 0.331 e. The number of ether oxygens (including phenoxy) is 1. The predicted molar refractivity (Wildman–Crippen MR) is 103 cm³/mol. The Balaban J connectivity index is 1.64. The summed E-state index contributed by atoms with van der Waals surface area (Å²) in [6.45, 7) is 5.15. The van der Waals surface area contributed by atoms with Crippen molar-refractivity contribution in [1.29, 1.82) is 0 Å². The van der Waals surface area contributed by atoms with Crippen molar-refractivity contribution < 1.29 is 22.7 Å². The fourth-order valence-electron chi connectivity index (χ4n) is 3.72. The number of piperidine rings is 1. The molecule has 8 nitrogen and oxygen atoms in total. The van der Waals surface area contributed by atoms with Crippen molar-refractivity contribution in [3.8, 4) is 0 Å². The van der Waals surface area contributed by atoms with Crippen LogP contribution in [-0.4, -0.2) is 55.8 Å². The molecule has 0 saturated carbocycles. The second kappa shape index (κ2) is 7.90. The molecule has 2 aliphatic rings. The van der Waals surface area contributed by atoms with E-state index in [1.807, 2.05) is 13.8 Å². The number of hydrogen-bond donors (Lipinski definition) is 1. The SMILES string of the molecule is CC(N=C1NS(=O)(=O)c2ccccc21)C(=O)OCC(=O)N1C(C)CCCC1C. The van der Waals surface area contributed by atoms with E-state index in [4.69, 9.17) is 4.74 Å². The summed E-state index contributed by atoms with van der Waals surface area (Å²) in [7, 11) is -3.67. The van der Waals surface area contributed by atoms with Crippen molar-refractivity contribution in [1.82, 2.24) is 9.62 Å². The Hall–Kier alpha value is -2.42. The molecule has 1 aromatic carbocycles. The molecule has 3 rings (SSSR count). The number of esters is 1. The van der Waals surface area contributed by atoms with Gasteiger partial charge >= 0.3 is 5.97 Å². The predicted octanol–water partition coefficient (Wildman–Crippen LogP) is 1.45. The number of rotatable bonds is 4. The van der Waals surface area contributed by atoms with Gasteiger partial charge in [0.1, 0.15) is 11.9 Å². The van der Waals surface area contributed by atoms with E-state index in [0.717, 1.165) is 19.3 Å². The minimum Gasteiger partial charge on any atom is -0.454 e. The third-order valence-electron chi connectivity index (χ3n) is 5.15. The maximum absolute atomic E-state index is 12.5. The Kier molecular flexibility index (Phi) is 5.74. The summed E-state index contributed by atoms with van der Waals surface area (Å²) in [5.41, 5.74) is 0.411. The molecular formula is C19H25N3O5S. The van der Waals surface area contributed by atoms with Gasteiger partial charge in [-0.3, -0.25) is 14.5 Å². The lowest BCUT2D eigenvalue weighted by atomic mass is 9.97. The quantitative estimate of drug-likeness (QED) is 0.761. The van der Waals surface area contributed by atoms with E-state index in [1.54, 1.807) is 23.1 Å². The topological polar surface area (TPSA) is 105 Å². The van der Waals surface area contributed by atoms with E-state index in [2.05, 4.69) is 9.71 Å². The van der Waals surface area contributed by atoms with E-state index >= 15 is 0 Å². The van der Waals surface area contributed by atoms with Crippen LogP contribution in [0.4, 0.5) is 0 Å². The molecule has 3 unspecified atom stereocenters. The number of likely N-dealkylation sites (tertiary alicyclic amines) is 1. The lowest BCUT2D eigenvalue weighted by molar-refractivity contribution is -0.155. The number of amides is 1. The number of carbonyl (C=O) groups is 2. The van der Waals surface area contributed by atoms with Gasteiger partial charge in [-0.05, 0) is 52.2 Å². The number of benzene rings is 1. The van der Waals surface area contributed by atoms with Crippen molar-refractivity contribution in [2.75, 3.05) is 6.61 Å². The van der Waals surface area contributed by atoms with Crippen molar-refractivity contribution in [2.45, 2.75) is 63.1 Å².